The number of pyridine rings is 1. The molecule has 0 unspecified atom stereocenters. The standard InChI is InChI=1S/C16H11NOS/c18-16(12-6-2-1-3-7-12)19-15-10-4-9-14-13(15)8-5-11-17-14/h1-11H. The van der Waals surface area contributed by atoms with Crippen LogP contribution in [0, 0.1) is 0 Å². The third-order valence-corrected chi connectivity index (χ3v) is 3.81. The summed E-state index contributed by atoms with van der Waals surface area (Å²) in [5.41, 5.74) is 1.63. The molecule has 0 amide bonds. The molecule has 0 aliphatic carbocycles. The zero-order chi connectivity index (χ0) is 13.1. The van der Waals surface area contributed by atoms with E-state index in [1.54, 1.807) is 6.20 Å². The quantitative estimate of drug-likeness (QED) is 0.651. The number of carbonyl (C=O) groups excluding carboxylic acids is 1. The summed E-state index contributed by atoms with van der Waals surface area (Å²) in [7, 11) is 0. The molecule has 3 rings (SSSR count). The Morgan fingerprint density at radius 1 is 0.895 bits per heavy atom. The van der Waals surface area contributed by atoms with Gasteiger partial charge in [0.25, 0.3) is 0 Å². The number of thioether (sulfide) groups is 1. The summed E-state index contributed by atoms with van der Waals surface area (Å²) in [6.07, 6.45) is 1.76. The van der Waals surface area contributed by atoms with Crippen molar-refractivity contribution in [1.29, 1.82) is 0 Å². The molecule has 19 heavy (non-hydrogen) atoms. The average molecular weight is 265 g/mol. The second kappa shape index (κ2) is 5.24. The molecule has 0 N–H and O–H groups in total. The van der Waals surface area contributed by atoms with Gasteiger partial charge in [-0.3, -0.25) is 9.78 Å². The number of benzene rings is 2. The van der Waals surface area contributed by atoms with E-state index in [4.69, 9.17) is 0 Å². The summed E-state index contributed by atoms with van der Waals surface area (Å²) >= 11 is 1.25. The molecule has 0 atom stereocenters. The predicted octanol–water partition coefficient (Wildman–Crippen LogP) is 4.17. The van der Waals surface area contributed by atoms with Crippen LogP contribution >= 0.6 is 11.8 Å². The lowest BCUT2D eigenvalue weighted by molar-refractivity contribution is 0.108. The van der Waals surface area contributed by atoms with E-state index in [1.165, 1.54) is 11.8 Å². The maximum atomic E-state index is 12.2. The molecule has 0 saturated heterocycles. The number of carbonyl (C=O) groups is 1. The number of nitrogens with zero attached hydrogens (tertiary/aromatic N) is 1. The Morgan fingerprint density at radius 2 is 1.74 bits per heavy atom. The normalized spacial score (nSPS) is 10.5. The molecular formula is C16H11NOS. The van der Waals surface area contributed by atoms with Crippen molar-refractivity contribution in [3.05, 3.63) is 72.4 Å². The van der Waals surface area contributed by atoms with Crippen LogP contribution in [0.15, 0.2) is 71.8 Å². The van der Waals surface area contributed by atoms with Gasteiger partial charge in [0, 0.05) is 22.0 Å². The Balaban J connectivity index is 1.96. The molecule has 0 radical (unpaired) electrons. The van der Waals surface area contributed by atoms with E-state index in [-0.39, 0.29) is 5.12 Å². The molecule has 0 fully saturated rings. The highest BCUT2D eigenvalue weighted by Gasteiger charge is 2.10. The molecular weight excluding hydrogens is 254 g/mol. The largest absolute Gasteiger partial charge is 0.281 e. The highest BCUT2D eigenvalue weighted by molar-refractivity contribution is 8.14. The fraction of sp³-hybridized carbons (Fsp3) is 0. The van der Waals surface area contributed by atoms with Crippen LogP contribution in [-0.4, -0.2) is 10.1 Å². The van der Waals surface area contributed by atoms with Crippen molar-refractivity contribution in [3.63, 3.8) is 0 Å². The Bertz CT molecular complexity index is 720. The predicted molar refractivity (Wildman–Crippen MR) is 78.4 cm³/mol. The first-order valence-corrected chi connectivity index (χ1v) is 6.77. The summed E-state index contributed by atoms with van der Waals surface area (Å²) in [4.78, 5) is 17.4. The summed E-state index contributed by atoms with van der Waals surface area (Å²) in [6.45, 7) is 0. The van der Waals surface area contributed by atoms with Crippen molar-refractivity contribution in [2.75, 3.05) is 0 Å². The molecule has 3 aromatic rings. The van der Waals surface area contributed by atoms with E-state index in [9.17, 15) is 4.79 Å². The lowest BCUT2D eigenvalue weighted by Gasteiger charge is -2.04. The van der Waals surface area contributed by atoms with E-state index < -0.39 is 0 Å². The van der Waals surface area contributed by atoms with Crippen LogP contribution in [0.1, 0.15) is 10.4 Å². The maximum Gasteiger partial charge on any atom is 0.224 e. The number of hydrogen-bond acceptors (Lipinski definition) is 3. The molecule has 0 bridgehead atoms. The van der Waals surface area contributed by atoms with Gasteiger partial charge < -0.3 is 0 Å². The Labute approximate surface area is 115 Å². The number of fused-ring (bicyclic) bond motifs is 1. The fourth-order valence-corrected chi connectivity index (χ4v) is 2.78. The van der Waals surface area contributed by atoms with Gasteiger partial charge in [0.05, 0.1) is 5.52 Å². The van der Waals surface area contributed by atoms with Crippen LogP contribution in [0.5, 0.6) is 0 Å². The topological polar surface area (TPSA) is 30.0 Å². The van der Waals surface area contributed by atoms with Crippen LogP contribution in [0.25, 0.3) is 10.9 Å². The van der Waals surface area contributed by atoms with E-state index in [0.29, 0.717) is 5.56 Å². The molecule has 2 aromatic carbocycles. The third kappa shape index (κ3) is 2.51. The van der Waals surface area contributed by atoms with Crippen molar-refractivity contribution >= 4 is 27.8 Å². The summed E-state index contributed by atoms with van der Waals surface area (Å²) in [5, 5.41) is 1.07. The second-order valence-electron chi connectivity index (χ2n) is 4.08. The highest BCUT2D eigenvalue weighted by Crippen LogP contribution is 2.29. The van der Waals surface area contributed by atoms with Gasteiger partial charge in [-0.1, -0.05) is 42.5 Å². The molecule has 0 aliphatic rings. The Hall–Kier alpha value is -2.13. The minimum Gasteiger partial charge on any atom is -0.281 e. The minimum atomic E-state index is 0.0527. The maximum absolute atomic E-state index is 12.2. The monoisotopic (exact) mass is 265 g/mol. The van der Waals surface area contributed by atoms with E-state index in [1.807, 2.05) is 60.7 Å². The van der Waals surface area contributed by atoms with Crippen molar-refractivity contribution in [2.24, 2.45) is 0 Å². The summed E-state index contributed by atoms with van der Waals surface area (Å²) in [5.74, 6) is 0. The Kier molecular flexibility index (Phi) is 3.29. The fourth-order valence-electron chi connectivity index (χ4n) is 1.90. The molecule has 1 heterocycles. The van der Waals surface area contributed by atoms with Crippen LogP contribution < -0.4 is 0 Å². The van der Waals surface area contributed by atoms with E-state index >= 15 is 0 Å². The molecule has 3 heteroatoms. The summed E-state index contributed by atoms with van der Waals surface area (Å²) in [6, 6.07) is 19.0. The van der Waals surface area contributed by atoms with E-state index in [0.717, 1.165) is 15.8 Å². The lowest BCUT2D eigenvalue weighted by atomic mass is 10.2. The van der Waals surface area contributed by atoms with Crippen molar-refractivity contribution in [2.45, 2.75) is 4.90 Å². The van der Waals surface area contributed by atoms with Gasteiger partial charge in [0.15, 0.2) is 0 Å². The zero-order valence-corrected chi connectivity index (χ0v) is 10.9. The SMILES string of the molecule is O=C(Sc1cccc2ncccc12)c1ccccc1. The lowest BCUT2D eigenvalue weighted by Crippen LogP contribution is -1.92. The van der Waals surface area contributed by atoms with Gasteiger partial charge in [-0.15, -0.1) is 0 Å². The van der Waals surface area contributed by atoms with Gasteiger partial charge in [-0.25, -0.2) is 0 Å². The summed E-state index contributed by atoms with van der Waals surface area (Å²) < 4.78 is 0. The first-order chi connectivity index (χ1) is 9.34. The van der Waals surface area contributed by atoms with Crippen molar-refractivity contribution in [1.82, 2.24) is 4.98 Å². The average Bonchev–Trinajstić information content (AvgIpc) is 2.48. The van der Waals surface area contributed by atoms with Crippen LogP contribution in [0.2, 0.25) is 0 Å². The van der Waals surface area contributed by atoms with Crippen LogP contribution in [-0.2, 0) is 0 Å². The Morgan fingerprint density at radius 3 is 2.58 bits per heavy atom. The number of hydrogen-bond donors (Lipinski definition) is 0. The van der Waals surface area contributed by atoms with Gasteiger partial charge in [-0.2, -0.15) is 0 Å². The van der Waals surface area contributed by atoms with Gasteiger partial charge in [0.2, 0.25) is 5.12 Å². The first kappa shape index (κ1) is 11.9. The van der Waals surface area contributed by atoms with Crippen molar-refractivity contribution < 1.29 is 4.79 Å². The second-order valence-corrected chi connectivity index (χ2v) is 5.10. The molecule has 0 spiro atoms. The van der Waals surface area contributed by atoms with Gasteiger partial charge >= 0.3 is 0 Å². The van der Waals surface area contributed by atoms with E-state index in [2.05, 4.69) is 4.98 Å². The molecule has 2 nitrogen and oxygen atoms in total. The minimum absolute atomic E-state index is 0.0527. The van der Waals surface area contributed by atoms with Gasteiger partial charge in [0.1, 0.15) is 0 Å². The van der Waals surface area contributed by atoms with Crippen LogP contribution in [0.3, 0.4) is 0 Å². The highest BCUT2D eigenvalue weighted by atomic mass is 32.2. The van der Waals surface area contributed by atoms with Crippen molar-refractivity contribution in [3.8, 4) is 0 Å². The zero-order valence-electron chi connectivity index (χ0n) is 10.1. The third-order valence-electron chi connectivity index (χ3n) is 2.82. The number of aromatic nitrogens is 1. The van der Waals surface area contributed by atoms with Gasteiger partial charge in [-0.05, 0) is 30.0 Å². The molecule has 0 aliphatic heterocycles. The molecule has 0 saturated carbocycles. The smallest absolute Gasteiger partial charge is 0.224 e. The molecule has 1 aromatic heterocycles. The number of rotatable bonds is 2. The first-order valence-electron chi connectivity index (χ1n) is 5.95. The van der Waals surface area contributed by atoms with Crippen LogP contribution in [0.4, 0.5) is 0 Å². The molecule has 92 valence electrons.